The van der Waals surface area contributed by atoms with Gasteiger partial charge in [0, 0.05) is 18.2 Å². The molecule has 0 atom stereocenters. The van der Waals surface area contributed by atoms with Crippen molar-refractivity contribution in [3.05, 3.63) is 29.3 Å². The highest BCUT2D eigenvalue weighted by Gasteiger charge is 2.15. The van der Waals surface area contributed by atoms with Gasteiger partial charge in [0.2, 0.25) is 5.91 Å². The second-order valence-electron chi connectivity index (χ2n) is 4.95. The molecule has 3 N–H and O–H groups in total. The van der Waals surface area contributed by atoms with Crippen LogP contribution in [-0.2, 0) is 11.3 Å². The smallest absolute Gasteiger partial charge is 0.231 e. The van der Waals surface area contributed by atoms with E-state index in [0.717, 1.165) is 16.9 Å². The standard InChI is InChI=1S/C16H22N2O3/c1-12(2)18(11-16(17)20)10-14-9-15(21-3)7-6-13(14)5-4-8-19/h6-7,9,12,19H,8,10-11H2,1-3H3,(H2,17,20). The van der Waals surface area contributed by atoms with Crippen molar-refractivity contribution in [3.8, 4) is 17.6 Å². The topological polar surface area (TPSA) is 75.8 Å². The summed E-state index contributed by atoms with van der Waals surface area (Å²) in [7, 11) is 1.60. The number of nitrogens with two attached hydrogens (primary N) is 1. The number of hydrogen-bond acceptors (Lipinski definition) is 4. The van der Waals surface area contributed by atoms with Gasteiger partial charge in [0.05, 0.1) is 13.7 Å². The Kier molecular flexibility index (Phi) is 6.73. The van der Waals surface area contributed by atoms with Crippen LogP contribution in [-0.4, -0.2) is 42.2 Å². The van der Waals surface area contributed by atoms with Crippen molar-refractivity contribution in [2.75, 3.05) is 20.3 Å². The lowest BCUT2D eigenvalue weighted by Crippen LogP contribution is -2.38. The van der Waals surface area contributed by atoms with Crippen LogP contribution in [0, 0.1) is 11.8 Å². The van der Waals surface area contributed by atoms with E-state index in [1.54, 1.807) is 7.11 Å². The largest absolute Gasteiger partial charge is 0.497 e. The number of amides is 1. The molecule has 114 valence electrons. The van der Waals surface area contributed by atoms with Gasteiger partial charge in [-0.2, -0.15) is 0 Å². The number of carbonyl (C=O) groups is 1. The monoisotopic (exact) mass is 290 g/mol. The number of nitrogens with zero attached hydrogens (tertiary/aromatic N) is 1. The Morgan fingerprint density at radius 3 is 2.71 bits per heavy atom. The molecule has 1 amide bonds. The van der Waals surface area contributed by atoms with Crippen LogP contribution >= 0.6 is 0 Å². The van der Waals surface area contributed by atoms with Gasteiger partial charge in [-0.1, -0.05) is 11.8 Å². The molecule has 0 radical (unpaired) electrons. The van der Waals surface area contributed by atoms with E-state index >= 15 is 0 Å². The molecular weight excluding hydrogens is 268 g/mol. The maximum atomic E-state index is 11.2. The van der Waals surface area contributed by atoms with Crippen LogP contribution in [0.2, 0.25) is 0 Å². The number of aliphatic hydroxyl groups is 1. The Morgan fingerprint density at radius 2 is 2.19 bits per heavy atom. The maximum Gasteiger partial charge on any atom is 0.231 e. The molecule has 0 heterocycles. The average molecular weight is 290 g/mol. The van der Waals surface area contributed by atoms with Crippen LogP contribution in [0.15, 0.2) is 18.2 Å². The Hall–Kier alpha value is -2.03. The van der Waals surface area contributed by atoms with E-state index in [1.807, 2.05) is 36.9 Å². The summed E-state index contributed by atoms with van der Waals surface area (Å²) in [6.45, 7) is 4.53. The highest BCUT2D eigenvalue weighted by molar-refractivity contribution is 5.76. The maximum absolute atomic E-state index is 11.2. The number of benzene rings is 1. The average Bonchev–Trinajstić information content (AvgIpc) is 2.44. The fraction of sp³-hybridized carbons (Fsp3) is 0.438. The summed E-state index contributed by atoms with van der Waals surface area (Å²) in [5, 5.41) is 8.84. The number of carbonyl (C=O) groups excluding carboxylic acids is 1. The van der Waals surface area contributed by atoms with E-state index < -0.39 is 0 Å². The summed E-state index contributed by atoms with van der Waals surface area (Å²) in [5.74, 6) is 5.91. The third-order valence-electron chi connectivity index (χ3n) is 3.08. The molecule has 0 fully saturated rings. The lowest BCUT2D eigenvalue weighted by atomic mass is 10.1. The molecular formula is C16H22N2O3. The number of ether oxygens (including phenoxy) is 1. The molecule has 0 aliphatic carbocycles. The van der Waals surface area contributed by atoms with Gasteiger partial charge >= 0.3 is 0 Å². The molecule has 0 aliphatic rings. The third-order valence-corrected chi connectivity index (χ3v) is 3.08. The summed E-state index contributed by atoms with van der Waals surface area (Å²) in [6.07, 6.45) is 0. The van der Waals surface area contributed by atoms with Crippen LogP contribution in [0.4, 0.5) is 0 Å². The number of hydrogen-bond donors (Lipinski definition) is 2. The van der Waals surface area contributed by atoms with E-state index in [1.165, 1.54) is 0 Å². The van der Waals surface area contributed by atoms with Crippen LogP contribution in [0.5, 0.6) is 5.75 Å². The first-order valence-corrected chi connectivity index (χ1v) is 6.77. The Morgan fingerprint density at radius 1 is 1.48 bits per heavy atom. The van der Waals surface area contributed by atoms with Crippen molar-refractivity contribution >= 4 is 5.91 Å². The van der Waals surface area contributed by atoms with Gasteiger partial charge in [-0.05, 0) is 37.6 Å². The second kappa shape index (κ2) is 8.30. The molecule has 1 aromatic carbocycles. The van der Waals surface area contributed by atoms with Gasteiger partial charge in [-0.3, -0.25) is 9.69 Å². The molecule has 0 aromatic heterocycles. The molecule has 0 spiro atoms. The lowest BCUT2D eigenvalue weighted by molar-refractivity contribution is -0.119. The summed E-state index contributed by atoms with van der Waals surface area (Å²) in [5.41, 5.74) is 7.03. The molecule has 1 aromatic rings. The zero-order valence-electron chi connectivity index (χ0n) is 12.7. The molecule has 5 heteroatoms. The van der Waals surface area contributed by atoms with Crippen molar-refractivity contribution in [1.29, 1.82) is 0 Å². The summed E-state index contributed by atoms with van der Waals surface area (Å²) >= 11 is 0. The summed E-state index contributed by atoms with van der Waals surface area (Å²) in [4.78, 5) is 13.1. The van der Waals surface area contributed by atoms with Crippen LogP contribution in [0.1, 0.15) is 25.0 Å². The SMILES string of the molecule is COc1ccc(C#CCO)c(CN(CC(N)=O)C(C)C)c1. The van der Waals surface area contributed by atoms with Gasteiger partial charge in [-0.15, -0.1) is 0 Å². The van der Waals surface area contributed by atoms with Crippen LogP contribution in [0.3, 0.4) is 0 Å². The minimum absolute atomic E-state index is 0.169. The molecule has 1 rings (SSSR count). The van der Waals surface area contributed by atoms with E-state index in [2.05, 4.69) is 11.8 Å². The summed E-state index contributed by atoms with van der Waals surface area (Å²) in [6, 6.07) is 5.72. The quantitative estimate of drug-likeness (QED) is 0.758. The molecule has 0 aliphatic heterocycles. The number of aliphatic hydroxyl groups excluding tert-OH is 1. The number of methoxy groups -OCH3 is 1. The minimum atomic E-state index is -0.366. The zero-order valence-corrected chi connectivity index (χ0v) is 12.7. The highest BCUT2D eigenvalue weighted by Crippen LogP contribution is 2.19. The fourth-order valence-corrected chi connectivity index (χ4v) is 1.92. The zero-order chi connectivity index (χ0) is 15.8. The predicted octanol–water partition coefficient (Wildman–Crippen LogP) is 0.735. The summed E-state index contributed by atoms with van der Waals surface area (Å²) < 4.78 is 5.23. The van der Waals surface area contributed by atoms with Gasteiger partial charge in [0.25, 0.3) is 0 Å². The van der Waals surface area contributed by atoms with Crippen LogP contribution < -0.4 is 10.5 Å². The van der Waals surface area contributed by atoms with Crippen molar-refractivity contribution in [1.82, 2.24) is 4.90 Å². The molecule has 21 heavy (non-hydrogen) atoms. The van der Waals surface area contributed by atoms with E-state index in [9.17, 15) is 4.79 Å². The minimum Gasteiger partial charge on any atom is -0.497 e. The molecule has 5 nitrogen and oxygen atoms in total. The Bertz CT molecular complexity index is 544. The van der Waals surface area contributed by atoms with Crippen molar-refractivity contribution in [2.24, 2.45) is 5.73 Å². The molecule has 0 saturated carbocycles. The highest BCUT2D eigenvalue weighted by atomic mass is 16.5. The molecule has 0 unspecified atom stereocenters. The number of primary amides is 1. The first-order valence-electron chi connectivity index (χ1n) is 6.77. The van der Waals surface area contributed by atoms with Crippen molar-refractivity contribution < 1.29 is 14.6 Å². The first-order chi connectivity index (χ1) is 9.97. The van der Waals surface area contributed by atoms with Gasteiger partial charge < -0.3 is 15.6 Å². The molecule has 0 saturated heterocycles. The van der Waals surface area contributed by atoms with E-state index in [-0.39, 0.29) is 25.1 Å². The Labute approximate surface area is 125 Å². The molecule has 0 bridgehead atoms. The van der Waals surface area contributed by atoms with Crippen LogP contribution in [0.25, 0.3) is 0 Å². The second-order valence-corrected chi connectivity index (χ2v) is 4.95. The predicted molar refractivity (Wildman–Crippen MR) is 81.7 cm³/mol. The normalized spacial score (nSPS) is 10.4. The van der Waals surface area contributed by atoms with Gasteiger partial charge in [-0.25, -0.2) is 0 Å². The number of rotatable bonds is 6. The van der Waals surface area contributed by atoms with E-state index in [4.69, 9.17) is 15.6 Å². The fourth-order valence-electron chi connectivity index (χ4n) is 1.92. The van der Waals surface area contributed by atoms with Crippen molar-refractivity contribution in [2.45, 2.75) is 26.4 Å². The lowest BCUT2D eigenvalue weighted by Gasteiger charge is -2.25. The first kappa shape index (κ1) is 17.0. The van der Waals surface area contributed by atoms with Gasteiger partial charge in [0.1, 0.15) is 12.4 Å². The Balaban J connectivity index is 3.09. The van der Waals surface area contributed by atoms with E-state index in [0.29, 0.717) is 6.54 Å². The third kappa shape index (κ3) is 5.46. The van der Waals surface area contributed by atoms with Gasteiger partial charge in [0.15, 0.2) is 0 Å². The van der Waals surface area contributed by atoms with Crippen molar-refractivity contribution in [3.63, 3.8) is 0 Å².